The van der Waals surface area contributed by atoms with Crippen molar-refractivity contribution in [3.05, 3.63) is 57.7 Å². The van der Waals surface area contributed by atoms with Gasteiger partial charge in [-0.05, 0) is 35.9 Å². The molecule has 1 atom stereocenters. The summed E-state index contributed by atoms with van der Waals surface area (Å²) >= 11 is 13.3. The Hall–Kier alpha value is -2.17. The molecule has 8 nitrogen and oxygen atoms in total. The molecule has 1 fully saturated rings. The Morgan fingerprint density at radius 1 is 1.25 bits per heavy atom. The molecule has 0 aliphatic carbocycles. The molecular formula is C21H22Cl2N4O4S. The molecule has 2 heterocycles. The van der Waals surface area contributed by atoms with Gasteiger partial charge in [-0.15, -0.1) is 5.10 Å². The fourth-order valence-corrected chi connectivity index (χ4v) is 3.98. The third-order valence-electron chi connectivity index (χ3n) is 4.55. The number of carbonyl (C=O) groups is 2. The molecule has 170 valence electrons. The normalized spacial score (nSPS) is 16.9. The molecule has 1 saturated heterocycles. The van der Waals surface area contributed by atoms with Gasteiger partial charge in [-0.25, -0.2) is 4.79 Å². The van der Waals surface area contributed by atoms with Crippen molar-refractivity contribution in [3.63, 3.8) is 0 Å². The predicted octanol–water partition coefficient (Wildman–Crippen LogP) is 2.99. The number of morpholine rings is 1. The number of ether oxygens (including phenoxy) is 1. The summed E-state index contributed by atoms with van der Waals surface area (Å²) in [6, 6.07) is 8.95. The van der Waals surface area contributed by atoms with Crippen LogP contribution in [-0.2, 0) is 20.9 Å². The number of amides is 1. The maximum absolute atomic E-state index is 12.2. The summed E-state index contributed by atoms with van der Waals surface area (Å²) in [6.45, 7) is 3.24. The highest BCUT2D eigenvalue weighted by atomic mass is 35.5. The van der Waals surface area contributed by atoms with Crippen LogP contribution in [0.4, 0.5) is 0 Å². The first-order valence-electron chi connectivity index (χ1n) is 9.81. The van der Waals surface area contributed by atoms with E-state index in [2.05, 4.69) is 20.4 Å². The molecule has 1 amide bonds. The second-order valence-corrected chi connectivity index (χ2v) is 8.85. The van der Waals surface area contributed by atoms with E-state index in [0.29, 0.717) is 40.5 Å². The van der Waals surface area contributed by atoms with Crippen LogP contribution in [0.15, 0.2) is 41.4 Å². The maximum atomic E-state index is 12.2. The zero-order chi connectivity index (χ0) is 22.9. The van der Waals surface area contributed by atoms with Gasteiger partial charge in [0.25, 0.3) is 0 Å². The molecule has 1 aliphatic heterocycles. The van der Waals surface area contributed by atoms with E-state index >= 15 is 0 Å². The number of rotatable bonds is 9. The van der Waals surface area contributed by atoms with Gasteiger partial charge in [0.15, 0.2) is 0 Å². The largest absolute Gasteiger partial charge is 0.478 e. The van der Waals surface area contributed by atoms with Gasteiger partial charge in [-0.2, -0.15) is 5.10 Å². The third kappa shape index (κ3) is 8.07. The minimum Gasteiger partial charge on any atom is -0.478 e. The van der Waals surface area contributed by atoms with Gasteiger partial charge >= 0.3 is 5.97 Å². The maximum Gasteiger partial charge on any atom is 0.328 e. The topological polar surface area (TPSA) is 105 Å². The first kappa shape index (κ1) is 24.5. The summed E-state index contributed by atoms with van der Waals surface area (Å²) in [5.41, 5.74) is 1.51. The summed E-state index contributed by atoms with van der Waals surface area (Å²) in [6.07, 6.45) is 2.25. The van der Waals surface area contributed by atoms with Crippen LogP contribution in [0.5, 0.6) is 0 Å². The Morgan fingerprint density at radius 3 is 2.81 bits per heavy atom. The summed E-state index contributed by atoms with van der Waals surface area (Å²) in [5, 5.41) is 21.0. The van der Waals surface area contributed by atoms with Gasteiger partial charge in [-0.3, -0.25) is 9.69 Å². The smallest absolute Gasteiger partial charge is 0.328 e. The van der Waals surface area contributed by atoms with Crippen LogP contribution < -0.4 is 5.32 Å². The summed E-state index contributed by atoms with van der Waals surface area (Å²) in [4.78, 5) is 25.0. The van der Waals surface area contributed by atoms with E-state index in [-0.39, 0.29) is 17.8 Å². The van der Waals surface area contributed by atoms with E-state index in [4.69, 9.17) is 33.0 Å². The number of nitrogens with one attached hydrogen (secondary N) is 1. The lowest BCUT2D eigenvalue weighted by Gasteiger charge is -2.33. The van der Waals surface area contributed by atoms with E-state index in [9.17, 15) is 9.59 Å². The molecule has 11 heteroatoms. The van der Waals surface area contributed by atoms with Crippen LogP contribution >= 0.6 is 35.0 Å². The molecule has 1 aromatic heterocycles. The highest BCUT2D eigenvalue weighted by Gasteiger charge is 2.21. The van der Waals surface area contributed by atoms with Crippen LogP contribution in [0.2, 0.25) is 10.0 Å². The molecular weight excluding hydrogens is 475 g/mol. The number of benzene rings is 1. The van der Waals surface area contributed by atoms with Gasteiger partial charge < -0.3 is 15.2 Å². The van der Waals surface area contributed by atoms with Gasteiger partial charge in [0.1, 0.15) is 5.03 Å². The Labute approximate surface area is 199 Å². The van der Waals surface area contributed by atoms with Crippen molar-refractivity contribution in [1.82, 2.24) is 20.4 Å². The predicted molar refractivity (Wildman–Crippen MR) is 124 cm³/mol. The minimum atomic E-state index is -1.05. The number of aromatic nitrogens is 2. The van der Waals surface area contributed by atoms with Gasteiger partial charge in [0.2, 0.25) is 5.91 Å². The average Bonchev–Trinajstić information content (AvgIpc) is 2.78. The molecule has 1 aliphatic rings. The van der Waals surface area contributed by atoms with Crippen molar-refractivity contribution in [2.75, 3.05) is 32.0 Å². The number of carboxylic acids is 1. The van der Waals surface area contributed by atoms with E-state index in [1.807, 2.05) is 12.1 Å². The standard InChI is InChI=1S/C21H22Cl2N4O4S/c22-17-4-1-14(9-18(17)23)11-27-7-8-31-16(12-27)10-24-19(28)13-32-20-5-2-15(25-26-20)3-6-21(29)30/h1-6,9,16H,7-8,10-13H2,(H,24,28)(H,29,30)/b6-3+. The average molecular weight is 497 g/mol. The van der Waals surface area contributed by atoms with Crippen LogP contribution in [0.1, 0.15) is 11.3 Å². The third-order valence-corrected chi connectivity index (χ3v) is 6.21. The van der Waals surface area contributed by atoms with Crippen LogP contribution in [0, 0.1) is 0 Å². The molecule has 0 spiro atoms. The molecule has 2 aromatic rings. The summed E-state index contributed by atoms with van der Waals surface area (Å²) in [5.74, 6) is -0.989. The van der Waals surface area contributed by atoms with E-state index < -0.39 is 5.97 Å². The highest BCUT2D eigenvalue weighted by Crippen LogP contribution is 2.23. The lowest BCUT2D eigenvalue weighted by Crippen LogP contribution is -2.47. The minimum absolute atomic E-state index is 0.0967. The molecule has 2 N–H and O–H groups in total. The molecule has 0 saturated carbocycles. The van der Waals surface area contributed by atoms with Gasteiger partial charge in [0, 0.05) is 32.3 Å². The molecule has 3 rings (SSSR count). The number of thioether (sulfide) groups is 1. The lowest BCUT2D eigenvalue weighted by molar-refractivity contribution is -0.131. The number of carboxylic acid groups (broad SMARTS) is 1. The lowest BCUT2D eigenvalue weighted by atomic mass is 10.2. The van der Waals surface area contributed by atoms with Crippen molar-refractivity contribution in [1.29, 1.82) is 0 Å². The molecule has 0 bridgehead atoms. The van der Waals surface area contributed by atoms with Crippen molar-refractivity contribution in [3.8, 4) is 0 Å². The first-order chi connectivity index (χ1) is 15.4. The molecule has 0 radical (unpaired) electrons. The number of aliphatic carboxylic acids is 1. The van der Waals surface area contributed by atoms with E-state index in [0.717, 1.165) is 24.7 Å². The Bertz CT molecular complexity index is 975. The highest BCUT2D eigenvalue weighted by molar-refractivity contribution is 7.99. The zero-order valence-corrected chi connectivity index (χ0v) is 19.4. The second kappa shape index (κ2) is 12.2. The first-order valence-corrected chi connectivity index (χ1v) is 11.6. The van der Waals surface area contributed by atoms with Crippen LogP contribution in [-0.4, -0.2) is 70.2 Å². The monoisotopic (exact) mass is 496 g/mol. The Balaban J connectivity index is 1.39. The van der Waals surface area contributed by atoms with E-state index in [1.54, 1.807) is 18.2 Å². The van der Waals surface area contributed by atoms with E-state index in [1.165, 1.54) is 17.8 Å². The number of hydrogen-bond donors (Lipinski definition) is 2. The Morgan fingerprint density at radius 2 is 2.09 bits per heavy atom. The van der Waals surface area contributed by atoms with Crippen LogP contribution in [0.3, 0.4) is 0 Å². The van der Waals surface area contributed by atoms with Crippen molar-refractivity contribution in [2.24, 2.45) is 0 Å². The number of halogens is 2. The fourth-order valence-electron chi connectivity index (χ4n) is 3.01. The van der Waals surface area contributed by atoms with Crippen molar-refractivity contribution < 1.29 is 19.4 Å². The van der Waals surface area contributed by atoms with Crippen molar-refractivity contribution in [2.45, 2.75) is 17.7 Å². The Kier molecular flexibility index (Phi) is 9.31. The summed E-state index contributed by atoms with van der Waals surface area (Å²) in [7, 11) is 0. The summed E-state index contributed by atoms with van der Waals surface area (Å²) < 4.78 is 5.77. The number of nitrogens with zero attached hydrogens (tertiary/aromatic N) is 3. The van der Waals surface area contributed by atoms with Crippen molar-refractivity contribution >= 4 is 52.9 Å². The SMILES string of the molecule is O=C(O)/C=C/c1ccc(SCC(=O)NCC2CN(Cc3ccc(Cl)c(Cl)c3)CCO2)nn1. The van der Waals surface area contributed by atoms with Gasteiger partial charge in [-0.1, -0.05) is 41.0 Å². The molecule has 1 aromatic carbocycles. The quantitative estimate of drug-likeness (QED) is 0.403. The van der Waals surface area contributed by atoms with Crippen LogP contribution in [0.25, 0.3) is 6.08 Å². The fraction of sp³-hybridized carbons (Fsp3) is 0.333. The number of carbonyl (C=O) groups excluding carboxylic acids is 1. The van der Waals surface area contributed by atoms with Gasteiger partial charge in [0.05, 0.1) is 34.2 Å². The zero-order valence-electron chi connectivity index (χ0n) is 17.0. The molecule has 32 heavy (non-hydrogen) atoms. The molecule has 1 unspecified atom stereocenters. The number of hydrogen-bond acceptors (Lipinski definition) is 7. The second-order valence-electron chi connectivity index (χ2n) is 7.04.